The van der Waals surface area contributed by atoms with Crippen LogP contribution in [-0.4, -0.2) is 23.5 Å². The molecule has 0 N–H and O–H groups in total. The number of ether oxygens (including phenoxy) is 1. The number of fused-ring (bicyclic) bond motifs is 1. The average molecular weight is 443 g/mol. The molecule has 1 aliphatic heterocycles. The van der Waals surface area contributed by atoms with Crippen molar-refractivity contribution in [1.29, 1.82) is 0 Å². The lowest BCUT2D eigenvalue weighted by Gasteiger charge is -2.38. The maximum atomic E-state index is 5.92. The SMILES string of the molecule is CCc1cccc(CC)c1-c1cc(OC)c(CN2CCc3ccccc3C2CC(C)C)cn1. The first-order valence-electron chi connectivity index (χ1n) is 12.5. The summed E-state index contributed by atoms with van der Waals surface area (Å²) in [5.74, 6) is 1.58. The van der Waals surface area contributed by atoms with Gasteiger partial charge in [0, 0.05) is 42.5 Å². The Morgan fingerprint density at radius 2 is 1.73 bits per heavy atom. The van der Waals surface area contributed by atoms with Crippen LogP contribution >= 0.6 is 0 Å². The lowest BCUT2D eigenvalue weighted by molar-refractivity contribution is 0.152. The summed E-state index contributed by atoms with van der Waals surface area (Å²) in [5, 5.41) is 0. The zero-order chi connectivity index (χ0) is 23.4. The van der Waals surface area contributed by atoms with E-state index in [1.54, 1.807) is 7.11 Å². The average Bonchev–Trinajstić information content (AvgIpc) is 2.84. The van der Waals surface area contributed by atoms with Gasteiger partial charge in [0.1, 0.15) is 5.75 Å². The van der Waals surface area contributed by atoms with E-state index in [9.17, 15) is 0 Å². The van der Waals surface area contributed by atoms with Crippen molar-refractivity contribution in [2.24, 2.45) is 5.92 Å². The van der Waals surface area contributed by atoms with Gasteiger partial charge >= 0.3 is 0 Å². The molecule has 0 saturated carbocycles. The zero-order valence-corrected chi connectivity index (χ0v) is 20.9. The van der Waals surface area contributed by atoms with Gasteiger partial charge in [-0.3, -0.25) is 9.88 Å². The molecule has 1 atom stereocenters. The van der Waals surface area contributed by atoms with Crippen molar-refractivity contribution >= 4 is 0 Å². The van der Waals surface area contributed by atoms with Crippen LogP contribution in [0.3, 0.4) is 0 Å². The van der Waals surface area contributed by atoms with Crippen LogP contribution in [0.15, 0.2) is 54.7 Å². The van der Waals surface area contributed by atoms with Crippen LogP contribution in [0.2, 0.25) is 0 Å². The van der Waals surface area contributed by atoms with E-state index in [4.69, 9.17) is 9.72 Å². The fourth-order valence-electron chi connectivity index (χ4n) is 5.32. The molecule has 0 spiro atoms. The van der Waals surface area contributed by atoms with E-state index in [0.29, 0.717) is 12.0 Å². The number of aromatic nitrogens is 1. The number of aryl methyl sites for hydroxylation is 2. The summed E-state index contributed by atoms with van der Waals surface area (Å²) in [6.45, 7) is 11.0. The molecule has 3 nitrogen and oxygen atoms in total. The predicted molar refractivity (Wildman–Crippen MR) is 138 cm³/mol. The van der Waals surface area contributed by atoms with Crippen molar-refractivity contribution < 1.29 is 4.74 Å². The molecule has 0 amide bonds. The Kier molecular flexibility index (Phi) is 7.49. The third-order valence-electron chi connectivity index (χ3n) is 7.01. The minimum Gasteiger partial charge on any atom is -0.496 e. The fourth-order valence-corrected chi connectivity index (χ4v) is 5.32. The topological polar surface area (TPSA) is 25.4 Å². The monoisotopic (exact) mass is 442 g/mol. The molecule has 3 aromatic rings. The molecule has 3 heteroatoms. The molecule has 0 fully saturated rings. The second-order valence-corrected chi connectivity index (χ2v) is 9.60. The van der Waals surface area contributed by atoms with Crippen LogP contribution in [-0.2, 0) is 25.8 Å². The van der Waals surface area contributed by atoms with Crippen LogP contribution < -0.4 is 4.74 Å². The van der Waals surface area contributed by atoms with Crippen molar-refractivity contribution in [2.75, 3.05) is 13.7 Å². The quantitative estimate of drug-likeness (QED) is 0.374. The maximum absolute atomic E-state index is 5.92. The van der Waals surface area contributed by atoms with E-state index < -0.39 is 0 Å². The highest BCUT2D eigenvalue weighted by Crippen LogP contribution is 2.37. The van der Waals surface area contributed by atoms with Crippen molar-refractivity contribution in [1.82, 2.24) is 9.88 Å². The lowest BCUT2D eigenvalue weighted by Crippen LogP contribution is -2.35. The number of hydrogen-bond acceptors (Lipinski definition) is 3. The van der Waals surface area contributed by atoms with E-state index in [-0.39, 0.29) is 0 Å². The van der Waals surface area contributed by atoms with Gasteiger partial charge in [-0.05, 0) is 53.9 Å². The molecular weight excluding hydrogens is 404 g/mol. The second-order valence-electron chi connectivity index (χ2n) is 9.60. The first kappa shape index (κ1) is 23.5. The van der Waals surface area contributed by atoms with Crippen molar-refractivity contribution in [3.05, 3.63) is 82.5 Å². The molecule has 0 radical (unpaired) electrons. The molecule has 1 aromatic heterocycles. The van der Waals surface area contributed by atoms with Crippen molar-refractivity contribution in [3.63, 3.8) is 0 Å². The summed E-state index contributed by atoms with van der Waals surface area (Å²) >= 11 is 0. The summed E-state index contributed by atoms with van der Waals surface area (Å²) in [7, 11) is 1.78. The Morgan fingerprint density at radius 1 is 1.00 bits per heavy atom. The number of hydrogen-bond donors (Lipinski definition) is 0. The minimum absolute atomic E-state index is 0.437. The van der Waals surface area contributed by atoms with Gasteiger partial charge < -0.3 is 4.74 Å². The van der Waals surface area contributed by atoms with Gasteiger partial charge in [0.15, 0.2) is 0 Å². The van der Waals surface area contributed by atoms with E-state index in [0.717, 1.165) is 50.2 Å². The zero-order valence-electron chi connectivity index (χ0n) is 20.9. The molecule has 1 aliphatic rings. The van der Waals surface area contributed by atoms with Crippen LogP contribution in [0, 0.1) is 5.92 Å². The standard InChI is InChI=1S/C30H38N2O/c1-6-22-12-10-13-23(7-2)30(22)27-18-29(33-5)25(19-31-27)20-32-16-15-24-11-8-9-14-26(24)28(32)17-21(3)4/h8-14,18-19,21,28H,6-7,15-17,20H2,1-5H3. The third-order valence-corrected chi connectivity index (χ3v) is 7.01. The number of rotatable bonds is 8. The first-order chi connectivity index (χ1) is 16.0. The third kappa shape index (κ3) is 4.99. The fraction of sp³-hybridized carbons (Fsp3) is 0.433. The lowest BCUT2D eigenvalue weighted by atomic mass is 9.87. The summed E-state index contributed by atoms with van der Waals surface area (Å²) in [4.78, 5) is 7.59. The molecule has 0 aliphatic carbocycles. The predicted octanol–water partition coefficient (Wildman–Crippen LogP) is 7.03. The summed E-state index contributed by atoms with van der Waals surface area (Å²) < 4.78 is 5.92. The molecule has 2 aromatic carbocycles. The Hall–Kier alpha value is -2.65. The van der Waals surface area contributed by atoms with Crippen LogP contribution in [0.4, 0.5) is 0 Å². The van der Waals surface area contributed by atoms with Gasteiger partial charge in [-0.1, -0.05) is 70.2 Å². The van der Waals surface area contributed by atoms with Gasteiger partial charge in [0.25, 0.3) is 0 Å². The second kappa shape index (κ2) is 10.5. The number of benzene rings is 2. The highest BCUT2D eigenvalue weighted by atomic mass is 16.5. The molecule has 0 bridgehead atoms. The number of pyridine rings is 1. The molecule has 33 heavy (non-hydrogen) atoms. The normalized spacial score (nSPS) is 16.1. The molecule has 4 rings (SSSR count). The van der Waals surface area contributed by atoms with Crippen LogP contribution in [0.25, 0.3) is 11.3 Å². The maximum Gasteiger partial charge on any atom is 0.127 e. The van der Waals surface area contributed by atoms with Gasteiger partial charge in [0.05, 0.1) is 12.8 Å². The summed E-state index contributed by atoms with van der Waals surface area (Å²) in [6.07, 6.45) is 6.31. The number of methoxy groups -OCH3 is 1. The Morgan fingerprint density at radius 3 is 2.39 bits per heavy atom. The number of nitrogens with zero attached hydrogens (tertiary/aromatic N) is 2. The molecule has 0 saturated heterocycles. The molecule has 174 valence electrons. The smallest absolute Gasteiger partial charge is 0.127 e. The minimum atomic E-state index is 0.437. The largest absolute Gasteiger partial charge is 0.496 e. The van der Waals surface area contributed by atoms with Crippen molar-refractivity contribution in [3.8, 4) is 17.0 Å². The Labute approximate surface area is 199 Å². The van der Waals surface area contributed by atoms with E-state index in [1.807, 2.05) is 6.20 Å². The molecule has 1 unspecified atom stereocenters. The first-order valence-corrected chi connectivity index (χ1v) is 12.5. The highest BCUT2D eigenvalue weighted by Gasteiger charge is 2.28. The molecular formula is C30H38N2O. The summed E-state index contributed by atoms with van der Waals surface area (Å²) in [5.41, 5.74) is 9.15. The van der Waals surface area contributed by atoms with E-state index in [2.05, 4.69) is 81.1 Å². The van der Waals surface area contributed by atoms with Gasteiger partial charge in [0.2, 0.25) is 0 Å². The molecule has 2 heterocycles. The Bertz CT molecular complexity index is 1070. The summed E-state index contributed by atoms with van der Waals surface area (Å²) in [6, 6.07) is 18.2. The van der Waals surface area contributed by atoms with E-state index in [1.165, 1.54) is 33.4 Å². The van der Waals surface area contributed by atoms with Crippen LogP contribution in [0.5, 0.6) is 5.75 Å². The van der Waals surface area contributed by atoms with Gasteiger partial charge in [-0.2, -0.15) is 0 Å². The Balaban J connectivity index is 1.67. The van der Waals surface area contributed by atoms with Crippen molar-refractivity contribution in [2.45, 2.75) is 66.0 Å². The van der Waals surface area contributed by atoms with E-state index >= 15 is 0 Å². The highest BCUT2D eigenvalue weighted by molar-refractivity contribution is 5.69. The van der Waals surface area contributed by atoms with Crippen LogP contribution in [0.1, 0.15) is 68.0 Å². The van der Waals surface area contributed by atoms with Gasteiger partial charge in [-0.25, -0.2) is 0 Å². The van der Waals surface area contributed by atoms with Gasteiger partial charge in [-0.15, -0.1) is 0 Å².